The second-order valence-electron chi connectivity index (χ2n) is 4.52. The van der Waals surface area contributed by atoms with Crippen molar-refractivity contribution in [3.05, 3.63) is 56.5 Å². The van der Waals surface area contributed by atoms with Crippen molar-refractivity contribution >= 4 is 31.9 Å². The summed E-state index contributed by atoms with van der Waals surface area (Å²) in [5.41, 5.74) is 2.35. The molecule has 0 amide bonds. The Morgan fingerprint density at radius 3 is 1.85 bits per heavy atom. The molecule has 0 aliphatic carbocycles. The molecule has 0 fully saturated rings. The Bertz CT molecular complexity index is 557. The van der Waals surface area contributed by atoms with Crippen molar-refractivity contribution in [3.8, 4) is 11.5 Å². The number of halogens is 2. The molecule has 0 atom stereocenters. The van der Waals surface area contributed by atoms with Crippen LogP contribution in [0.5, 0.6) is 11.5 Å². The van der Waals surface area contributed by atoms with E-state index in [1.165, 1.54) is 11.1 Å². The molecule has 0 saturated carbocycles. The van der Waals surface area contributed by atoms with Crippen LogP contribution in [0.25, 0.3) is 0 Å². The van der Waals surface area contributed by atoms with E-state index < -0.39 is 0 Å². The highest BCUT2D eigenvalue weighted by molar-refractivity contribution is 9.10. The Balaban J connectivity index is 1.83. The first kappa shape index (κ1) is 15.4. The van der Waals surface area contributed by atoms with Crippen LogP contribution in [0.15, 0.2) is 45.3 Å². The van der Waals surface area contributed by atoms with Crippen LogP contribution in [-0.2, 0) is 0 Å². The monoisotopic (exact) mass is 398 g/mol. The van der Waals surface area contributed by atoms with Crippen molar-refractivity contribution < 1.29 is 9.47 Å². The molecule has 2 nitrogen and oxygen atoms in total. The molecule has 0 heterocycles. The first-order valence-electron chi connectivity index (χ1n) is 6.34. The van der Waals surface area contributed by atoms with E-state index in [-0.39, 0.29) is 0 Å². The van der Waals surface area contributed by atoms with E-state index >= 15 is 0 Å². The standard InChI is InChI=1S/C16H16Br2O2/c1-11-9-15(10-12(2)16(11)18)20-8-7-19-14-5-3-13(17)4-6-14/h3-6,9-10H,7-8H2,1-2H3. The molecule has 0 N–H and O–H groups in total. The van der Waals surface area contributed by atoms with Crippen LogP contribution < -0.4 is 9.47 Å². The molecule has 0 bridgehead atoms. The van der Waals surface area contributed by atoms with Gasteiger partial charge in [-0.15, -0.1) is 0 Å². The Hall–Kier alpha value is -1.00. The maximum absolute atomic E-state index is 5.71. The molecule has 106 valence electrons. The molecule has 4 heteroatoms. The molecule has 0 unspecified atom stereocenters. The molecule has 0 aliphatic rings. The quantitative estimate of drug-likeness (QED) is 0.636. The van der Waals surface area contributed by atoms with E-state index in [4.69, 9.17) is 9.47 Å². The highest BCUT2D eigenvalue weighted by Crippen LogP contribution is 2.26. The number of rotatable bonds is 5. The number of benzene rings is 2. The summed E-state index contributed by atoms with van der Waals surface area (Å²) in [6.45, 7) is 5.16. The molecule has 0 radical (unpaired) electrons. The third kappa shape index (κ3) is 4.25. The fourth-order valence-corrected chi connectivity index (χ4v) is 2.33. The second kappa shape index (κ2) is 7.14. The van der Waals surface area contributed by atoms with Gasteiger partial charge in [0.1, 0.15) is 24.7 Å². The van der Waals surface area contributed by atoms with Gasteiger partial charge in [-0.3, -0.25) is 0 Å². The first-order chi connectivity index (χ1) is 9.56. The normalized spacial score (nSPS) is 10.4. The summed E-state index contributed by atoms with van der Waals surface area (Å²) in [5, 5.41) is 0. The van der Waals surface area contributed by atoms with Crippen LogP contribution in [0.3, 0.4) is 0 Å². The van der Waals surface area contributed by atoms with Gasteiger partial charge >= 0.3 is 0 Å². The topological polar surface area (TPSA) is 18.5 Å². The SMILES string of the molecule is Cc1cc(OCCOc2ccc(Br)cc2)cc(C)c1Br. The number of ether oxygens (including phenoxy) is 2. The minimum Gasteiger partial charge on any atom is -0.490 e. The maximum atomic E-state index is 5.71. The zero-order chi connectivity index (χ0) is 14.5. The predicted octanol–water partition coefficient (Wildman–Crippen LogP) is 5.29. The lowest BCUT2D eigenvalue weighted by atomic mass is 10.1. The zero-order valence-corrected chi connectivity index (χ0v) is 14.6. The molecule has 2 aromatic rings. The number of hydrogen-bond acceptors (Lipinski definition) is 2. The second-order valence-corrected chi connectivity index (χ2v) is 6.23. The minimum absolute atomic E-state index is 0.524. The van der Waals surface area contributed by atoms with E-state index in [0.717, 1.165) is 20.4 Å². The molecule has 2 rings (SSSR count). The molecule has 0 spiro atoms. The fraction of sp³-hybridized carbons (Fsp3) is 0.250. The van der Waals surface area contributed by atoms with Crippen molar-refractivity contribution in [3.63, 3.8) is 0 Å². The zero-order valence-electron chi connectivity index (χ0n) is 11.5. The average Bonchev–Trinajstić information content (AvgIpc) is 2.43. The molecule has 0 saturated heterocycles. The molecule has 20 heavy (non-hydrogen) atoms. The van der Waals surface area contributed by atoms with Gasteiger partial charge in [-0.1, -0.05) is 31.9 Å². The Morgan fingerprint density at radius 1 is 0.800 bits per heavy atom. The summed E-state index contributed by atoms with van der Waals surface area (Å²) in [7, 11) is 0. The summed E-state index contributed by atoms with van der Waals surface area (Å²) < 4.78 is 13.5. The molecule has 0 aromatic heterocycles. The third-order valence-electron chi connectivity index (χ3n) is 2.84. The van der Waals surface area contributed by atoms with E-state index in [1.54, 1.807) is 0 Å². The van der Waals surface area contributed by atoms with Gasteiger partial charge in [0.2, 0.25) is 0 Å². The van der Waals surface area contributed by atoms with Gasteiger partial charge in [0.05, 0.1) is 0 Å². The van der Waals surface area contributed by atoms with Crippen LogP contribution in [0.4, 0.5) is 0 Å². The molecule has 2 aromatic carbocycles. The number of aryl methyl sites for hydroxylation is 2. The summed E-state index contributed by atoms with van der Waals surface area (Å²) >= 11 is 6.94. The van der Waals surface area contributed by atoms with E-state index in [9.17, 15) is 0 Å². The van der Waals surface area contributed by atoms with Crippen LogP contribution in [0.1, 0.15) is 11.1 Å². The highest BCUT2D eigenvalue weighted by atomic mass is 79.9. The Morgan fingerprint density at radius 2 is 1.30 bits per heavy atom. The Labute approximate surface area is 136 Å². The summed E-state index contributed by atoms with van der Waals surface area (Å²) in [4.78, 5) is 0. The van der Waals surface area contributed by atoms with Crippen molar-refractivity contribution in [2.75, 3.05) is 13.2 Å². The van der Waals surface area contributed by atoms with Crippen LogP contribution in [-0.4, -0.2) is 13.2 Å². The van der Waals surface area contributed by atoms with Crippen molar-refractivity contribution in [2.45, 2.75) is 13.8 Å². The van der Waals surface area contributed by atoms with Gasteiger partial charge in [0, 0.05) is 8.95 Å². The fourth-order valence-electron chi connectivity index (χ4n) is 1.84. The summed E-state index contributed by atoms with van der Waals surface area (Å²) in [5.74, 6) is 1.72. The smallest absolute Gasteiger partial charge is 0.122 e. The highest BCUT2D eigenvalue weighted by Gasteiger charge is 2.03. The van der Waals surface area contributed by atoms with Crippen LogP contribution >= 0.6 is 31.9 Å². The molecular formula is C16H16Br2O2. The predicted molar refractivity (Wildman–Crippen MR) is 88.7 cm³/mol. The van der Waals surface area contributed by atoms with Crippen molar-refractivity contribution in [1.29, 1.82) is 0 Å². The lowest BCUT2D eigenvalue weighted by Crippen LogP contribution is -2.09. The lowest BCUT2D eigenvalue weighted by Gasteiger charge is -2.11. The lowest BCUT2D eigenvalue weighted by molar-refractivity contribution is 0.217. The van der Waals surface area contributed by atoms with Gasteiger partial charge in [0.15, 0.2) is 0 Å². The largest absolute Gasteiger partial charge is 0.490 e. The van der Waals surface area contributed by atoms with Gasteiger partial charge in [0.25, 0.3) is 0 Å². The van der Waals surface area contributed by atoms with Gasteiger partial charge in [-0.2, -0.15) is 0 Å². The van der Waals surface area contributed by atoms with Gasteiger partial charge < -0.3 is 9.47 Å². The van der Waals surface area contributed by atoms with Gasteiger partial charge in [-0.05, 0) is 61.4 Å². The minimum atomic E-state index is 0.524. The van der Waals surface area contributed by atoms with Gasteiger partial charge in [-0.25, -0.2) is 0 Å². The average molecular weight is 400 g/mol. The summed E-state index contributed by atoms with van der Waals surface area (Å²) in [6.07, 6.45) is 0. The summed E-state index contributed by atoms with van der Waals surface area (Å²) in [6, 6.07) is 11.8. The number of hydrogen-bond donors (Lipinski definition) is 0. The first-order valence-corrected chi connectivity index (χ1v) is 7.93. The van der Waals surface area contributed by atoms with E-state index in [0.29, 0.717) is 13.2 Å². The Kier molecular flexibility index (Phi) is 5.49. The maximum Gasteiger partial charge on any atom is 0.122 e. The molecular weight excluding hydrogens is 384 g/mol. The van der Waals surface area contributed by atoms with Crippen molar-refractivity contribution in [2.24, 2.45) is 0 Å². The third-order valence-corrected chi connectivity index (χ3v) is 4.62. The van der Waals surface area contributed by atoms with Crippen LogP contribution in [0.2, 0.25) is 0 Å². The van der Waals surface area contributed by atoms with E-state index in [2.05, 4.69) is 45.7 Å². The van der Waals surface area contributed by atoms with Crippen molar-refractivity contribution in [1.82, 2.24) is 0 Å². The van der Waals surface area contributed by atoms with Crippen LogP contribution in [0, 0.1) is 13.8 Å². The molecule has 0 aliphatic heterocycles. The van der Waals surface area contributed by atoms with E-state index in [1.807, 2.05) is 36.4 Å².